The third-order valence-electron chi connectivity index (χ3n) is 4.37. The van der Waals surface area contributed by atoms with Crippen LogP contribution in [0.3, 0.4) is 0 Å². The van der Waals surface area contributed by atoms with Gasteiger partial charge in [0.05, 0.1) is 6.67 Å². The Morgan fingerprint density at radius 3 is 1.54 bits per heavy atom. The molecule has 2 N–H and O–H groups in total. The topological polar surface area (TPSA) is 58.2 Å². The van der Waals surface area contributed by atoms with E-state index < -0.39 is 0 Å². The molecule has 0 aliphatic heterocycles. The molecule has 0 aliphatic carbocycles. The van der Waals surface area contributed by atoms with E-state index in [1.54, 1.807) is 0 Å². The van der Waals surface area contributed by atoms with Gasteiger partial charge in [-0.1, -0.05) is 62.3 Å². The summed E-state index contributed by atoms with van der Waals surface area (Å²) in [5.74, 6) is 1.10. The minimum atomic E-state index is -0.0292. The molecule has 24 heavy (non-hydrogen) atoms. The smallest absolute Gasteiger partial charge is 0.224 e. The van der Waals surface area contributed by atoms with E-state index in [0.29, 0.717) is 11.8 Å². The van der Waals surface area contributed by atoms with Crippen molar-refractivity contribution in [2.24, 2.45) is 35.0 Å². The number of hydrogen-bond donors (Lipinski definition) is 2. The Bertz CT molecular complexity index is 395. The molecule has 2 unspecified atom stereocenters. The average molecular weight is 341 g/mol. The third-order valence-corrected chi connectivity index (χ3v) is 4.37. The fourth-order valence-corrected chi connectivity index (χ4v) is 2.96. The Labute approximate surface area is 149 Å². The summed E-state index contributed by atoms with van der Waals surface area (Å²) in [6, 6.07) is 0. The van der Waals surface area contributed by atoms with E-state index in [9.17, 15) is 9.59 Å². The largest absolute Gasteiger partial charge is 0.338 e. The second-order valence-electron chi connectivity index (χ2n) is 9.35. The minimum Gasteiger partial charge on any atom is -0.338 e. The van der Waals surface area contributed by atoms with Crippen molar-refractivity contribution in [1.29, 1.82) is 0 Å². The molecule has 0 radical (unpaired) electrons. The molecule has 0 heterocycles. The van der Waals surface area contributed by atoms with Gasteiger partial charge >= 0.3 is 0 Å². The molecule has 4 heteroatoms. The highest BCUT2D eigenvalue weighted by atomic mass is 16.2. The zero-order valence-electron chi connectivity index (χ0n) is 17.3. The number of hydrogen-bond acceptors (Lipinski definition) is 2. The summed E-state index contributed by atoms with van der Waals surface area (Å²) >= 11 is 0. The number of carbonyl (C=O) groups is 2. The lowest BCUT2D eigenvalue weighted by molar-refractivity contribution is -0.129. The average Bonchev–Trinajstić information content (AvgIpc) is 2.40. The maximum Gasteiger partial charge on any atom is 0.224 e. The molecule has 0 aromatic rings. The molecule has 2 amide bonds. The van der Waals surface area contributed by atoms with Gasteiger partial charge in [-0.2, -0.15) is 0 Å². The summed E-state index contributed by atoms with van der Waals surface area (Å²) in [5.41, 5.74) is 0.107. The molecule has 142 valence electrons. The molecular formula is C20H40N2O2. The van der Waals surface area contributed by atoms with Gasteiger partial charge in [0.2, 0.25) is 11.8 Å². The SMILES string of the molecule is CC(C)CC(C(=O)NCNC(=O)C(CC(C)(C)C)C(C)C)C(C)C. The highest BCUT2D eigenvalue weighted by Crippen LogP contribution is 2.29. The summed E-state index contributed by atoms with van der Waals surface area (Å²) in [6.45, 7) is 19.2. The summed E-state index contributed by atoms with van der Waals surface area (Å²) in [6.07, 6.45) is 1.71. The number of amides is 2. The first-order chi connectivity index (χ1) is 10.8. The lowest BCUT2D eigenvalue weighted by Gasteiger charge is -2.28. The van der Waals surface area contributed by atoms with Gasteiger partial charge in [0.15, 0.2) is 0 Å². The van der Waals surface area contributed by atoms with Crippen molar-refractivity contribution in [2.75, 3.05) is 6.67 Å². The lowest BCUT2D eigenvalue weighted by Crippen LogP contribution is -2.44. The van der Waals surface area contributed by atoms with E-state index >= 15 is 0 Å². The standard InChI is InChI=1S/C20H40N2O2/c1-13(2)10-16(14(3)4)18(23)21-12-22-19(24)17(15(5)6)11-20(7,8)9/h13-17H,10-12H2,1-9H3,(H,21,23)(H,22,24). The van der Waals surface area contributed by atoms with Crippen molar-refractivity contribution in [3.8, 4) is 0 Å². The number of nitrogens with one attached hydrogen (secondary N) is 2. The van der Waals surface area contributed by atoms with E-state index in [4.69, 9.17) is 0 Å². The summed E-state index contributed by atoms with van der Waals surface area (Å²) in [7, 11) is 0. The first kappa shape index (κ1) is 22.9. The van der Waals surface area contributed by atoms with Crippen LogP contribution in [0.15, 0.2) is 0 Å². The van der Waals surface area contributed by atoms with Crippen LogP contribution in [-0.2, 0) is 9.59 Å². The molecule has 0 fully saturated rings. The van der Waals surface area contributed by atoms with Crippen molar-refractivity contribution in [3.05, 3.63) is 0 Å². The van der Waals surface area contributed by atoms with Crippen LogP contribution in [0, 0.1) is 35.0 Å². The molecule has 0 aliphatic rings. The predicted octanol–water partition coefficient (Wildman–Crippen LogP) is 4.20. The van der Waals surface area contributed by atoms with Crippen LogP contribution in [-0.4, -0.2) is 18.5 Å². The minimum absolute atomic E-state index is 0.00243. The van der Waals surface area contributed by atoms with Crippen LogP contribution in [0.2, 0.25) is 0 Å². The van der Waals surface area contributed by atoms with Gasteiger partial charge in [0.25, 0.3) is 0 Å². The van der Waals surface area contributed by atoms with Crippen LogP contribution in [0.1, 0.15) is 75.2 Å². The summed E-state index contributed by atoms with van der Waals surface area (Å²) in [4.78, 5) is 24.8. The first-order valence-electron chi connectivity index (χ1n) is 9.40. The van der Waals surface area contributed by atoms with Crippen molar-refractivity contribution < 1.29 is 9.59 Å². The van der Waals surface area contributed by atoms with Crippen LogP contribution < -0.4 is 10.6 Å². The molecule has 4 nitrogen and oxygen atoms in total. The van der Waals surface area contributed by atoms with E-state index in [1.807, 2.05) is 0 Å². The van der Waals surface area contributed by atoms with E-state index in [-0.39, 0.29) is 41.7 Å². The van der Waals surface area contributed by atoms with Gasteiger partial charge in [-0.15, -0.1) is 0 Å². The van der Waals surface area contributed by atoms with Gasteiger partial charge < -0.3 is 10.6 Å². The van der Waals surface area contributed by atoms with E-state index in [0.717, 1.165) is 12.8 Å². The van der Waals surface area contributed by atoms with Gasteiger partial charge in [-0.05, 0) is 36.0 Å². The Kier molecular flexibility index (Phi) is 9.61. The predicted molar refractivity (Wildman–Crippen MR) is 101 cm³/mol. The van der Waals surface area contributed by atoms with Crippen molar-refractivity contribution in [2.45, 2.75) is 75.2 Å². The molecule has 2 atom stereocenters. The molecule has 0 aromatic carbocycles. The highest BCUT2D eigenvalue weighted by Gasteiger charge is 2.28. The zero-order chi connectivity index (χ0) is 19.1. The van der Waals surface area contributed by atoms with Crippen molar-refractivity contribution in [1.82, 2.24) is 10.6 Å². The fraction of sp³-hybridized carbons (Fsp3) is 0.900. The molecule has 0 rings (SSSR count). The molecule has 0 spiro atoms. The van der Waals surface area contributed by atoms with Crippen molar-refractivity contribution in [3.63, 3.8) is 0 Å². The number of carbonyl (C=O) groups excluding carboxylic acids is 2. The maximum absolute atomic E-state index is 12.5. The Hall–Kier alpha value is -1.06. The second-order valence-corrected chi connectivity index (χ2v) is 9.35. The monoisotopic (exact) mass is 340 g/mol. The van der Waals surface area contributed by atoms with E-state index in [1.165, 1.54) is 0 Å². The second kappa shape index (κ2) is 10.0. The fourth-order valence-electron chi connectivity index (χ4n) is 2.96. The summed E-state index contributed by atoms with van der Waals surface area (Å²) in [5, 5.41) is 5.78. The zero-order valence-corrected chi connectivity index (χ0v) is 17.3. The quantitative estimate of drug-likeness (QED) is 0.618. The third kappa shape index (κ3) is 9.29. The molecule has 0 bridgehead atoms. The van der Waals surface area contributed by atoms with Crippen LogP contribution in [0.5, 0.6) is 0 Å². The summed E-state index contributed by atoms with van der Waals surface area (Å²) < 4.78 is 0. The number of rotatable bonds is 9. The van der Waals surface area contributed by atoms with Gasteiger partial charge in [0.1, 0.15) is 0 Å². The molecule has 0 saturated carbocycles. The van der Waals surface area contributed by atoms with Gasteiger partial charge in [0, 0.05) is 11.8 Å². The first-order valence-corrected chi connectivity index (χ1v) is 9.40. The molecule has 0 saturated heterocycles. The van der Waals surface area contributed by atoms with Crippen LogP contribution in [0.25, 0.3) is 0 Å². The lowest BCUT2D eigenvalue weighted by atomic mass is 9.79. The maximum atomic E-state index is 12.5. The highest BCUT2D eigenvalue weighted by molar-refractivity contribution is 5.81. The molecule has 0 aromatic heterocycles. The molecular weight excluding hydrogens is 300 g/mol. The van der Waals surface area contributed by atoms with Crippen LogP contribution >= 0.6 is 0 Å². The Balaban J connectivity index is 4.55. The van der Waals surface area contributed by atoms with E-state index in [2.05, 4.69) is 72.9 Å². The van der Waals surface area contributed by atoms with Gasteiger partial charge in [-0.3, -0.25) is 9.59 Å². The Morgan fingerprint density at radius 1 is 0.792 bits per heavy atom. The normalized spacial score (nSPS) is 14.8. The van der Waals surface area contributed by atoms with Crippen LogP contribution in [0.4, 0.5) is 0 Å². The Morgan fingerprint density at radius 2 is 1.21 bits per heavy atom. The van der Waals surface area contributed by atoms with Crippen molar-refractivity contribution >= 4 is 11.8 Å². The van der Waals surface area contributed by atoms with Gasteiger partial charge in [-0.25, -0.2) is 0 Å².